The first-order valence-corrected chi connectivity index (χ1v) is 8.76. The van der Waals surface area contributed by atoms with Crippen molar-refractivity contribution in [3.05, 3.63) is 77.6 Å². The van der Waals surface area contributed by atoms with Gasteiger partial charge in [0, 0.05) is 24.2 Å². The fraction of sp³-hybridized carbons (Fsp3) is 0.190. The summed E-state index contributed by atoms with van der Waals surface area (Å²) in [7, 11) is 1.72. The number of aromatic nitrogens is 1. The van der Waals surface area contributed by atoms with E-state index in [9.17, 15) is 9.59 Å². The third kappa shape index (κ3) is 3.46. The van der Waals surface area contributed by atoms with E-state index in [4.69, 9.17) is 4.52 Å². The van der Waals surface area contributed by atoms with Crippen LogP contribution in [0.5, 0.6) is 0 Å². The number of benzene rings is 2. The molecule has 6 heteroatoms. The van der Waals surface area contributed by atoms with Gasteiger partial charge in [-0.15, -0.1) is 0 Å². The molecule has 1 aromatic heterocycles. The van der Waals surface area contributed by atoms with Gasteiger partial charge in [0.15, 0.2) is 5.76 Å². The predicted molar refractivity (Wildman–Crippen MR) is 99.7 cm³/mol. The van der Waals surface area contributed by atoms with E-state index < -0.39 is 0 Å². The number of carbonyl (C=O) groups excluding carboxylic acids is 2. The third-order valence-electron chi connectivity index (χ3n) is 4.71. The molecule has 0 saturated carbocycles. The predicted octanol–water partition coefficient (Wildman–Crippen LogP) is 3.17. The summed E-state index contributed by atoms with van der Waals surface area (Å²) in [6, 6.07) is 18.6. The number of nitrogens with one attached hydrogen (secondary N) is 1. The van der Waals surface area contributed by atoms with Crippen molar-refractivity contribution < 1.29 is 14.1 Å². The van der Waals surface area contributed by atoms with Crippen molar-refractivity contribution in [2.45, 2.75) is 19.0 Å². The summed E-state index contributed by atoms with van der Waals surface area (Å²) in [5.74, 6) is 0.406. The molecule has 0 saturated heterocycles. The highest BCUT2D eigenvalue weighted by Gasteiger charge is 2.30. The minimum atomic E-state index is -0.293. The maximum Gasteiger partial charge on any atom is 0.252 e. The van der Waals surface area contributed by atoms with Crippen LogP contribution in [0.3, 0.4) is 0 Å². The van der Waals surface area contributed by atoms with E-state index in [0.717, 1.165) is 16.8 Å². The van der Waals surface area contributed by atoms with Crippen molar-refractivity contribution in [2.24, 2.45) is 0 Å². The highest BCUT2D eigenvalue weighted by atomic mass is 16.5. The van der Waals surface area contributed by atoms with Gasteiger partial charge in [0.1, 0.15) is 5.69 Å². The van der Waals surface area contributed by atoms with Gasteiger partial charge in [0.2, 0.25) is 5.91 Å². The molecule has 0 unspecified atom stereocenters. The second-order valence-corrected chi connectivity index (χ2v) is 6.61. The van der Waals surface area contributed by atoms with Gasteiger partial charge in [0.05, 0.1) is 19.0 Å². The Morgan fingerprint density at radius 1 is 1.15 bits per heavy atom. The number of hydrogen-bond acceptors (Lipinski definition) is 4. The van der Waals surface area contributed by atoms with Crippen molar-refractivity contribution in [1.29, 1.82) is 0 Å². The van der Waals surface area contributed by atoms with Gasteiger partial charge in [-0.2, -0.15) is 0 Å². The normalized spacial score (nSPS) is 15.3. The number of hydrogen-bond donors (Lipinski definition) is 1. The maximum absolute atomic E-state index is 12.6. The van der Waals surface area contributed by atoms with Gasteiger partial charge < -0.3 is 14.7 Å². The van der Waals surface area contributed by atoms with Gasteiger partial charge in [0.25, 0.3) is 5.91 Å². The van der Waals surface area contributed by atoms with Gasteiger partial charge in [-0.3, -0.25) is 9.59 Å². The van der Waals surface area contributed by atoms with E-state index in [0.29, 0.717) is 17.9 Å². The summed E-state index contributed by atoms with van der Waals surface area (Å²) >= 11 is 0. The van der Waals surface area contributed by atoms with Crippen molar-refractivity contribution in [2.75, 3.05) is 7.05 Å². The molecule has 6 nitrogen and oxygen atoms in total. The first kappa shape index (κ1) is 17.0. The van der Waals surface area contributed by atoms with E-state index in [1.165, 1.54) is 0 Å². The average molecular weight is 361 g/mol. The lowest BCUT2D eigenvalue weighted by Crippen LogP contribution is -2.30. The van der Waals surface area contributed by atoms with Crippen LogP contribution in [0.25, 0.3) is 11.3 Å². The quantitative estimate of drug-likeness (QED) is 0.757. The molecule has 3 aromatic rings. The summed E-state index contributed by atoms with van der Waals surface area (Å²) in [6.07, 6.45) is 0.207. The fourth-order valence-corrected chi connectivity index (χ4v) is 3.27. The van der Waals surface area contributed by atoms with Crippen LogP contribution in [0, 0.1) is 0 Å². The molecule has 0 fully saturated rings. The second-order valence-electron chi connectivity index (χ2n) is 6.61. The minimum Gasteiger partial charge on any atom is -0.359 e. The lowest BCUT2D eigenvalue weighted by atomic mass is 10.0. The van der Waals surface area contributed by atoms with Crippen LogP contribution < -0.4 is 5.32 Å². The van der Waals surface area contributed by atoms with Crippen LogP contribution in [0.2, 0.25) is 0 Å². The van der Waals surface area contributed by atoms with Gasteiger partial charge >= 0.3 is 0 Å². The molecule has 0 aliphatic carbocycles. The molecular formula is C21H19N3O3. The van der Waals surface area contributed by atoms with Crippen molar-refractivity contribution in [1.82, 2.24) is 15.4 Å². The van der Waals surface area contributed by atoms with Crippen LogP contribution >= 0.6 is 0 Å². The number of rotatable bonds is 5. The number of fused-ring (bicyclic) bond motifs is 1. The molecule has 136 valence electrons. The van der Waals surface area contributed by atoms with Gasteiger partial charge in [-0.25, -0.2) is 0 Å². The first-order chi connectivity index (χ1) is 13.1. The smallest absolute Gasteiger partial charge is 0.252 e. The highest BCUT2D eigenvalue weighted by molar-refractivity contribution is 5.99. The molecule has 1 aliphatic rings. The second kappa shape index (κ2) is 7.07. The molecule has 1 aliphatic heterocycles. The lowest BCUT2D eigenvalue weighted by Gasteiger charge is -2.18. The molecule has 27 heavy (non-hydrogen) atoms. The zero-order valence-corrected chi connectivity index (χ0v) is 14.9. The molecule has 2 aromatic carbocycles. The van der Waals surface area contributed by atoms with Crippen LogP contribution in [0.4, 0.5) is 0 Å². The summed E-state index contributed by atoms with van der Waals surface area (Å²) in [4.78, 5) is 26.2. The zero-order chi connectivity index (χ0) is 18.8. The molecule has 2 amide bonds. The van der Waals surface area contributed by atoms with Crippen molar-refractivity contribution >= 4 is 11.8 Å². The zero-order valence-electron chi connectivity index (χ0n) is 14.9. The molecule has 4 rings (SSSR count). The molecule has 0 bridgehead atoms. The third-order valence-corrected chi connectivity index (χ3v) is 4.71. The SMILES string of the molecule is CN(Cc1cc(-c2ccccc2)no1)C(=O)C[C@H]1NC(=O)c2ccccc21. The topological polar surface area (TPSA) is 75.4 Å². The van der Waals surface area contributed by atoms with Crippen LogP contribution in [0.1, 0.15) is 34.1 Å². The van der Waals surface area contributed by atoms with Crippen LogP contribution in [-0.2, 0) is 11.3 Å². The Hall–Kier alpha value is -3.41. The van der Waals surface area contributed by atoms with Crippen molar-refractivity contribution in [3.8, 4) is 11.3 Å². The Morgan fingerprint density at radius 2 is 1.89 bits per heavy atom. The number of amides is 2. The molecule has 1 N–H and O–H groups in total. The first-order valence-electron chi connectivity index (χ1n) is 8.76. The van der Waals surface area contributed by atoms with E-state index in [1.54, 1.807) is 18.0 Å². The average Bonchev–Trinajstić information content (AvgIpc) is 3.28. The monoisotopic (exact) mass is 361 g/mol. The van der Waals surface area contributed by atoms with E-state index in [2.05, 4.69) is 10.5 Å². The van der Waals surface area contributed by atoms with Crippen molar-refractivity contribution in [3.63, 3.8) is 0 Å². The fourth-order valence-electron chi connectivity index (χ4n) is 3.27. The van der Waals surface area contributed by atoms with Gasteiger partial charge in [-0.1, -0.05) is 53.7 Å². The largest absolute Gasteiger partial charge is 0.359 e. The van der Waals surface area contributed by atoms with Crippen LogP contribution in [0.15, 0.2) is 65.2 Å². The Kier molecular flexibility index (Phi) is 4.46. The molecular weight excluding hydrogens is 342 g/mol. The Balaban J connectivity index is 1.41. The number of nitrogens with zero attached hydrogens (tertiary/aromatic N) is 2. The summed E-state index contributed by atoms with van der Waals surface area (Å²) in [6.45, 7) is 0.320. The Bertz CT molecular complexity index is 981. The summed E-state index contributed by atoms with van der Waals surface area (Å²) in [5.41, 5.74) is 3.21. The Morgan fingerprint density at radius 3 is 2.70 bits per heavy atom. The van der Waals surface area contributed by atoms with E-state index in [-0.39, 0.29) is 24.3 Å². The minimum absolute atomic E-state index is 0.0744. The standard InChI is InChI=1S/C21H19N3O3/c1-24(13-15-11-18(23-27-15)14-7-3-2-4-8-14)20(25)12-19-16-9-5-6-10-17(16)21(26)22-19/h2-11,19H,12-13H2,1H3,(H,22,26)/t19-/m1/s1. The summed E-state index contributed by atoms with van der Waals surface area (Å²) in [5, 5.41) is 6.94. The molecule has 0 spiro atoms. The van der Waals surface area contributed by atoms with Gasteiger partial charge in [-0.05, 0) is 11.6 Å². The van der Waals surface area contributed by atoms with E-state index in [1.807, 2.05) is 54.6 Å². The lowest BCUT2D eigenvalue weighted by molar-refractivity contribution is -0.131. The van der Waals surface area contributed by atoms with Crippen LogP contribution in [-0.4, -0.2) is 28.9 Å². The molecule has 0 radical (unpaired) electrons. The maximum atomic E-state index is 12.6. The highest BCUT2D eigenvalue weighted by Crippen LogP contribution is 2.28. The molecule has 2 heterocycles. The number of carbonyl (C=O) groups is 2. The Labute approximate surface area is 156 Å². The van der Waals surface area contributed by atoms with E-state index >= 15 is 0 Å². The molecule has 1 atom stereocenters. The summed E-state index contributed by atoms with van der Waals surface area (Å²) < 4.78 is 5.37.